The highest BCUT2D eigenvalue weighted by molar-refractivity contribution is 7.89. The van der Waals surface area contributed by atoms with Crippen LogP contribution in [0.3, 0.4) is 0 Å². The van der Waals surface area contributed by atoms with Gasteiger partial charge in [-0.1, -0.05) is 35.9 Å². The third kappa shape index (κ3) is 2.24. The van der Waals surface area contributed by atoms with Crippen molar-refractivity contribution in [3.8, 4) is 0 Å². The monoisotopic (exact) mass is 311 g/mol. The summed E-state index contributed by atoms with van der Waals surface area (Å²) in [5, 5.41) is 0.000727. The maximum absolute atomic E-state index is 12.2. The highest BCUT2D eigenvalue weighted by atomic mass is 35.5. The van der Waals surface area contributed by atoms with Crippen LogP contribution in [0, 0.1) is 0 Å². The number of hydrogen-bond donors (Lipinski definition) is 1. The van der Waals surface area contributed by atoms with E-state index < -0.39 is 10.0 Å². The summed E-state index contributed by atoms with van der Waals surface area (Å²) in [4.78, 5) is 3.83. The topological polar surface area (TPSA) is 64.0 Å². The molecule has 0 spiro atoms. The lowest BCUT2D eigenvalue weighted by molar-refractivity contribution is 0.550. The molecule has 0 aliphatic heterocycles. The van der Waals surface area contributed by atoms with Gasteiger partial charge >= 0.3 is 0 Å². The Morgan fingerprint density at radius 2 is 2.20 bits per heavy atom. The van der Waals surface area contributed by atoms with Crippen molar-refractivity contribution in [3.63, 3.8) is 0 Å². The molecule has 2 aromatic rings. The summed E-state index contributed by atoms with van der Waals surface area (Å²) >= 11 is 5.92. The molecule has 5 nitrogen and oxygen atoms in total. The highest BCUT2D eigenvalue weighted by Gasteiger charge is 2.28. The molecule has 1 aliphatic carbocycles. The first-order valence-electron chi connectivity index (χ1n) is 6.23. The fourth-order valence-corrected chi connectivity index (χ4v) is 3.90. The van der Waals surface area contributed by atoms with Crippen LogP contribution >= 0.6 is 11.6 Å². The van der Waals surface area contributed by atoms with Crippen LogP contribution in [0.25, 0.3) is 0 Å². The second-order valence-electron chi connectivity index (χ2n) is 4.90. The molecule has 1 heterocycles. The van der Waals surface area contributed by atoms with Gasteiger partial charge in [0.05, 0.1) is 6.33 Å². The molecule has 0 bridgehead atoms. The summed E-state index contributed by atoms with van der Waals surface area (Å²) in [5.41, 5.74) is 2.50. The Bertz CT molecular complexity index is 755. The summed E-state index contributed by atoms with van der Waals surface area (Å²) in [7, 11) is -2.01. The van der Waals surface area contributed by atoms with Crippen LogP contribution in [0.2, 0.25) is 5.15 Å². The van der Waals surface area contributed by atoms with Crippen molar-refractivity contribution in [2.45, 2.75) is 17.4 Å². The molecule has 1 N–H and O–H groups in total. The van der Waals surface area contributed by atoms with Gasteiger partial charge in [-0.25, -0.2) is 18.1 Å². The van der Waals surface area contributed by atoms with E-state index in [1.54, 1.807) is 7.05 Å². The van der Waals surface area contributed by atoms with Gasteiger partial charge in [-0.05, 0) is 17.5 Å². The number of nitrogens with zero attached hydrogens (tertiary/aromatic N) is 2. The first-order valence-corrected chi connectivity index (χ1v) is 8.09. The lowest BCUT2D eigenvalue weighted by atomic mass is 9.78. The Hall–Kier alpha value is -1.37. The first-order chi connectivity index (χ1) is 9.49. The molecular weight excluding hydrogens is 298 g/mol. The second kappa shape index (κ2) is 4.87. The molecule has 0 fully saturated rings. The molecule has 1 aliphatic rings. The normalized spacial score (nSPS) is 17.6. The molecule has 0 amide bonds. The fourth-order valence-electron chi connectivity index (χ4n) is 2.40. The molecule has 1 atom stereocenters. The van der Waals surface area contributed by atoms with E-state index in [0.717, 1.165) is 6.42 Å². The number of hydrogen-bond acceptors (Lipinski definition) is 3. The molecule has 1 unspecified atom stereocenters. The maximum Gasteiger partial charge on any atom is 0.261 e. The van der Waals surface area contributed by atoms with E-state index >= 15 is 0 Å². The van der Waals surface area contributed by atoms with Crippen molar-refractivity contribution in [2.75, 3.05) is 6.54 Å². The minimum Gasteiger partial charge on any atom is -0.324 e. The SMILES string of the molecule is Cn1cnc(S(=O)(=O)NCC2Cc3ccccc32)c1Cl. The summed E-state index contributed by atoms with van der Waals surface area (Å²) in [6.07, 6.45) is 2.28. The molecule has 0 saturated carbocycles. The number of benzene rings is 1. The van der Waals surface area contributed by atoms with E-state index in [-0.39, 0.29) is 16.1 Å². The van der Waals surface area contributed by atoms with Crippen LogP contribution in [0.4, 0.5) is 0 Å². The Morgan fingerprint density at radius 1 is 1.45 bits per heavy atom. The van der Waals surface area contributed by atoms with E-state index in [2.05, 4.69) is 15.8 Å². The molecule has 3 rings (SSSR count). The number of aromatic nitrogens is 2. The lowest BCUT2D eigenvalue weighted by Gasteiger charge is -2.29. The zero-order valence-corrected chi connectivity index (χ0v) is 12.4. The quantitative estimate of drug-likeness (QED) is 0.934. The van der Waals surface area contributed by atoms with E-state index in [9.17, 15) is 8.42 Å². The van der Waals surface area contributed by atoms with Gasteiger partial charge in [0.25, 0.3) is 10.0 Å². The maximum atomic E-state index is 12.2. The van der Waals surface area contributed by atoms with Crippen LogP contribution < -0.4 is 4.72 Å². The van der Waals surface area contributed by atoms with Crippen molar-refractivity contribution >= 4 is 21.6 Å². The van der Waals surface area contributed by atoms with Crippen LogP contribution in [-0.2, 0) is 23.5 Å². The van der Waals surface area contributed by atoms with Crippen molar-refractivity contribution in [1.82, 2.24) is 14.3 Å². The largest absolute Gasteiger partial charge is 0.324 e. The van der Waals surface area contributed by atoms with Crippen molar-refractivity contribution < 1.29 is 8.42 Å². The van der Waals surface area contributed by atoms with E-state index in [1.807, 2.05) is 18.2 Å². The van der Waals surface area contributed by atoms with E-state index in [4.69, 9.17) is 11.6 Å². The number of rotatable bonds is 4. The molecule has 0 saturated heterocycles. The summed E-state index contributed by atoms with van der Waals surface area (Å²) in [5.74, 6) is 0.225. The van der Waals surface area contributed by atoms with Crippen molar-refractivity contribution in [2.24, 2.45) is 7.05 Å². The van der Waals surface area contributed by atoms with Crippen LogP contribution in [-0.4, -0.2) is 24.5 Å². The Labute approximate surface area is 122 Å². The third-order valence-electron chi connectivity index (χ3n) is 3.57. The summed E-state index contributed by atoms with van der Waals surface area (Å²) < 4.78 is 28.4. The Kier molecular flexibility index (Phi) is 3.32. The fraction of sp³-hybridized carbons (Fsp3) is 0.308. The molecule has 0 radical (unpaired) electrons. The van der Waals surface area contributed by atoms with Gasteiger partial charge in [-0.3, -0.25) is 0 Å². The Balaban J connectivity index is 1.72. The summed E-state index contributed by atoms with van der Waals surface area (Å²) in [6, 6.07) is 8.06. The number of halogens is 1. The van der Waals surface area contributed by atoms with Crippen molar-refractivity contribution in [3.05, 3.63) is 46.9 Å². The second-order valence-corrected chi connectivity index (χ2v) is 6.94. The molecule has 1 aromatic carbocycles. The average Bonchev–Trinajstić information content (AvgIpc) is 2.72. The molecule has 20 heavy (non-hydrogen) atoms. The minimum absolute atomic E-state index is 0.116. The van der Waals surface area contributed by atoms with Gasteiger partial charge < -0.3 is 4.57 Å². The number of nitrogens with one attached hydrogen (secondary N) is 1. The lowest BCUT2D eigenvalue weighted by Crippen LogP contribution is -2.33. The predicted octanol–water partition coefficient (Wildman–Crippen LogP) is 1.69. The third-order valence-corrected chi connectivity index (χ3v) is 5.48. The number of fused-ring (bicyclic) bond motifs is 1. The number of aryl methyl sites for hydroxylation is 1. The standard InChI is InChI=1S/C13H14ClN3O2S/c1-17-8-15-13(12(17)14)20(18,19)16-7-10-6-9-4-2-3-5-11(9)10/h2-5,8,10,16H,6-7H2,1H3. The van der Waals surface area contributed by atoms with Crippen LogP contribution in [0.5, 0.6) is 0 Å². The van der Waals surface area contributed by atoms with Gasteiger partial charge in [0.1, 0.15) is 5.15 Å². The average molecular weight is 312 g/mol. The molecule has 106 valence electrons. The van der Waals surface area contributed by atoms with Gasteiger partial charge in [-0.15, -0.1) is 0 Å². The van der Waals surface area contributed by atoms with Gasteiger partial charge in [0.15, 0.2) is 0 Å². The zero-order chi connectivity index (χ0) is 14.3. The Morgan fingerprint density at radius 3 is 2.85 bits per heavy atom. The van der Waals surface area contributed by atoms with Crippen LogP contribution in [0.1, 0.15) is 17.0 Å². The van der Waals surface area contributed by atoms with Crippen LogP contribution in [0.15, 0.2) is 35.6 Å². The number of sulfonamides is 1. The molecule has 1 aromatic heterocycles. The van der Waals surface area contributed by atoms with Crippen molar-refractivity contribution in [1.29, 1.82) is 0 Å². The highest BCUT2D eigenvalue weighted by Crippen LogP contribution is 2.34. The minimum atomic E-state index is -3.66. The predicted molar refractivity (Wildman–Crippen MR) is 76.3 cm³/mol. The smallest absolute Gasteiger partial charge is 0.261 e. The van der Waals surface area contributed by atoms with E-state index in [1.165, 1.54) is 22.0 Å². The number of imidazole rings is 1. The van der Waals surface area contributed by atoms with Gasteiger partial charge in [0.2, 0.25) is 5.03 Å². The first kappa shape index (κ1) is 13.6. The van der Waals surface area contributed by atoms with Gasteiger partial charge in [0, 0.05) is 19.5 Å². The molecular formula is C13H14ClN3O2S. The molecule has 7 heteroatoms. The summed E-state index contributed by atoms with van der Waals surface area (Å²) in [6.45, 7) is 0.367. The zero-order valence-electron chi connectivity index (χ0n) is 10.9. The van der Waals surface area contributed by atoms with E-state index in [0.29, 0.717) is 6.54 Å². The van der Waals surface area contributed by atoms with Gasteiger partial charge in [-0.2, -0.15) is 0 Å².